The summed E-state index contributed by atoms with van der Waals surface area (Å²) in [5.74, 6) is -0.923. The van der Waals surface area contributed by atoms with E-state index in [2.05, 4.69) is 11.1 Å². The Labute approximate surface area is 222 Å². The lowest BCUT2D eigenvalue weighted by Crippen LogP contribution is -2.38. The van der Waals surface area contributed by atoms with Crippen molar-refractivity contribution in [1.82, 2.24) is 4.98 Å². The Kier molecular flexibility index (Phi) is 7.13. The summed E-state index contributed by atoms with van der Waals surface area (Å²) in [4.78, 5) is 48.3. The van der Waals surface area contributed by atoms with Gasteiger partial charge < -0.3 is 4.90 Å². The first kappa shape index (κ1) is 25.1. The van der Waals surface area contributed by atoms with E-state index >= 15 is 0 Å². The van der Waals surface area contributed by atoms with Gasteiger partial charge in [-0.2, -0.15) is 0 Å². The van der Waals surface area contributed by atoms with Crippen molar-refractivity contribution >= 4 is 29.2 Å². The molecule has 0 radical (unpaired) electrons. The molecule has 6 heteroatoms. The Morgan fingerprint density at radius 1 is 0.737 bits per heavy atom. The van der Waals surface area contributed by atoms with E-state index in [-0.39, 0.29) is 11.7 Å². The monoisotopic (exact) mass is 503 g/mol. The molecule has 0 saturated heterocycles. The van der Waals surface area contributed by atoms with E-state index in [4.69, 9.17) is 0 Å². The van der Waals surface area contributed by atoms with Gasteiger partial charge in [0.2, 0.25) is 0 Å². The van der Waals surface area contributed by atoms with Crippen LogP contribution in [0.15, 0.2) is 91.1 Å². The molecule has 4 aromatic rings. The largest absolute Gasteiger partial charge is 0.308 e. The van der Waals surface area contributed by atoms with E-state index < -0.39 is 11.8 Å². The molecule has 6 nitrogen and oxygen atoms in total. The second-order valence-electron chi connectivity index (χ2n) is 9.52. The van der Waals surface area contributed by atoms with Gasteiger partial charge in [-0.05, 0) is 80.1 Å². The maximum atomic E-state index is 13.7. The molecule has 5 rings (SSSR count). The lowest BCUT2D eigenvalue weighted by molar-refractivity contribution is 0.0895. The molecule has 0 unspecified atom stereocenters. The molecule has 0 aliphatic carbocycles. The number of aromatic nitrogens is 1. The van der Waals surface area contributed by atoms with Crippen molar-refractivity contribution in [2.75, 3.05) is 16.3 Å². The summed E-state index contributed by atoms with van der Waals surface area (Å²) in [7, 11) is 0. The van der Waals surface area contributed by atoms with E-state index in [0.29, 0.717) is 23.2 Å². The van der Waals surface area contributed by atoms with Gasteiger partial charge in [-0.15, -0.1) is 0 Å². The standard InChI is InChI=1S/C32H29N3O3/c1-22-11-3-6-15-26(22)31(37)35(32(38)27-16-7-4-12-23(27)2)29-19-18-25(21-33-29)30(36)34-20-10-9-14-24-13-5-8-17-28(24)34/h3-8,11-13,15-19,21H,9-10,14,20H2,1-2H3. The van der Waals surface area contributed by atoms with Crippen LogP contribution in [-0.2, 0) is 6.42 Å². The van der Waals surface area contributed by atoms with Gasteiger partial charge >= 0.3 is 0 Å². The number of benzene rings is 3. The fraction of sp³-hybridized carbons (Fsp3) is 0.188. The summed E-state index contributed by atoms with van der Waals surface area (Å²) in [6, 6.07) is 25.5. The Morgan fingerprint density at radius 2 is 1.34 bits per heavy atom. The molecule has 1 aliphatic rings. The van der Waals surface area contributed by atoms with Crippen LogP contribution in [0.25, 0.3) is 0 Å². The number of imide groups is 1. The Balaban J connectivity index is 1.51. The van der Waals surface area contributed by atoms with Crippen molar-refractivity contribution in [2.24, 2.45) is 0 Å². The van der Waals surface area contributed by atoms with Crippen LogP contribution in [0.1, 0.15) is 60.6 Å². The Bertz CT molecular complexity index is 1450. The molecule has 3 aromatic carbocycles. The zero-order valence-corrected chi connectivity index (χ0v) is 21.6. The van der Waals surface area contributed by atoms with Crippen LogP contribution < -0.4 is 9.80 Å². The fourth-order valence-corrected chi connectivity index (χ4v) is 4.87. The van der Waals surface area contributed by atoms with E-state index in [1.165, 1.54) is 6.20 Å². The second kappa shape index (κ2) is 10.8. The highest BCUT2D eigenvalue weighted by molar-refractivity contribution is 6.26. The number of amides is 3. The van der Waals surface area contributed by atoms with Crippen LogP contribution in [0, 0.1) is 13.8 Å². The zero-order valence-electron chi connectivity index (χ0n) is 21.6. The molecule has 0 saturated carbocycles. The highest BCUT2D eigenvalue weighted by Gasteiger charge is 2.29. The number of carbonyl (C=O) groups excluding carboxylic acids is 3. The van der Waals surface area contributed by atoms with Crippen molar-refractivity contribution < 1.29 is 14.4 Å². The lowest BCUT2D eigenvalue weighted by Gasteiger charge is -2.24. The third-order valence-corrected chi connectivity index (χ3v) is 6.99. The number of hydrogen-bond acceptors (Lipinski definition) is 4. The van der Waals surface area contributed by atoms with Gasteiger partial charge in [-0.1, -0.05) is 54.6 Å². The summed E-state index contributed by atoms with van der Waals surface area (Å²) >= 11 is 0. The number of hydrogen-bond donors (Lipinski definition) is 0. The van der Waals surface area contributed by atoms with E-state index in [1.807, 2.05) is 56.3 Å². The normalized spacial score (nSPS) is 12.8. The molecule has 3 amide bonds. The van der Waals surface area contributed by atoms with Gasteiger partial charge in [0.1, 0.15) is 5.82 Å². The van der Waals surface area contributed by atoms with Crippen LogP contribution in [0.4, 0.5) is 11.5 Å². The molecule has 1 aromatic heterocycles. The van der Waals surface area contributed by atoms with Crippen molar-refractivity contribution in [3.63, 3.8) is 0 Å². The topological polar surface area (TPSA) is 70.6 Å². The van der Waals surface area contributed by atoms with Crippen molar-refractivity contribution in [3.05, 3.63) is 125 Å². The fourth-order valence-electron chi connectivity index (χ4n) is 4.87. The first-order valence-electron chi connectivity index (χ1n) is 12.8. The molecule has 38 heavy (non-hydrogen) atoms. The first-order chi connectivity index (χ1) is 18.5. The number of rotatable bonds is 4. The molecular formula is C32H29N3O3. The summed E-state index contributed by atoms with van der Waals surface area (Å²) < 4.78 is 0. The summed E-state index contributed by atoms with van der Waals surface area (Å²) in [5.41, 5.74) is 4.82. The van der Waals surface area contributed by atoms with Gasteiger partial charge in [-0.25, -0.2) is 9.88 Å². The summed E-state index contributed by atoms with van der Waals surface area (Å²) in [5, 5.41) is 0. The lowest BCUT2D eigenvalue weighted by atomic mass is 10.0. The van der Waals surface area contributed by atoms with Crippen LogP contribution in [0.5, 0.6) is 0 Å². The van der Waals surface area contributed by atoms with E-state index in [1.54, 1.807) is 41.3 Å². The van der Waals surface area contributed by atoms with Gasteiger partial charge in [0.15, 0.2) is 0 Å². The zero-order chi connectivity index (χ0) is 26.6. The average molecular weight is 504 g/mol. The molecule has 1 aliphatic heterocycles. The van der Waals surface area contributed by atoms with E-state index in [0.717, 1.165) is 46.5 Å². The van der Waals surface area contributed by atoms with Gasteiger partial charge in [-0.3, -0.25) is 14.4 Å². The average Bonchev–Trinajstić information content (AvgIpc) is 3.16. The third-order valence-electron chi connectivity index (χ3n) is 6.99. The molecule has 0 fully saturated rings. The molecule has 190 valence electrons. The van der Waals surface area contributed by atoms with Crippen LogP contribution >= 0.6 is 0 Å². The molecule has 0 bridgehead atoms. The maximum Gasteiger partial charge on any atom is 0.266 e. The number of aryl methyl sites for hydroxylation is 3. The van der Waals surface area contributed by atoms with Gasteiger partial charge in [0, 0.05) is 29.6 Å². The predicted molar refractivity (Wildman–Crippen MR) is 149 cm³/mol. The number of anilines is 2. The van der Waals surface area contributed by atoms with E-state index in [9.17, 15) is 14.4 Å². The molecule has 2 heterocycles. The quantitative estimate of drug-likeness (QED) is 0.312. The SMILES string of the molecule is Cc1ccccc1C(=O)N(C(=O)c1ccccc1C)c1ccc(C(=O)N2CCCCc3ccccc32)cn1. The number of fused-ring (bicyclic) bond motifs is 1. The molecule has 0 atom stereocenters. The highest BCUT2D eigenvalue weighted by atomic mass is 16.2. The van der Waals surface area contributed by atoms with Crippen LogP contribution in [-0.4, -0.2) is 29.3 Å². The Hall–Kier alpha value is -4.58. The maximum absolute atomic E-state index is 13.7. The van der Waals surface area contributed by atoms with Crippen molar-refractivity contribution in [3.8, 4) is 0 Å². The first-order valence-corrected chi connectivity index (χ1v) is 12.8. The minimum Gasteiger partial charge on any atom is -0.308 e. The Morgan fingerprint density at radius 3 is 1.95 bits per heavy atom. The molecule has 0 N–H and O–H groups in total. The molecular weight excluding hydrogens is 474 g/mol. The number of nitrogens with zero attached hydrogens (tertiary/aromatic N) is 3. The van der Waals surface area contributed by atoms with Crippen LogP contribution in [0.2, 0.25) is 0 Å². The predicted octanol–water partition coefficient (Wildman–Crippen LogP) is 6.17. The summed E-state index contributed by atoms with van der Waals surface area (Å²) in [6.07, 6.45) is 4.33. The number of para-hydroxylation sites is 1. The smallest absolute Gasteiger partial charge is 0.266 e. The van der Waals surface area contributed by atoms with Crippen LogP contribution in [0.3, 0.4) is 0 Å². The molecule has 0 spiro atoms. The minimum atomic E-state index is -0.468. The van der Waals surface area contributed by atoms with Gasteiger partial charge in [0.05, 0.1) is 5.56 Å². The van der Waals surface area contributed by atoms with Gasteiger partial charge in [0.25, 0.3) is 17.7 Å². The second-order valence-corrected chi connectivity index (χ2v) is 9.52. The van der Waals surface area contributed by atoms with Crippen molar-refractivity contribution in [2.45, 2.75) is 33.1 Å². The summed E-state index contributed by atoms with van der Waals surface area (Å²) in [6.45, 7) is 4.29. The highest BCUT2D eigenvalue weighted by Crippen LogP contribution is 2.28. The number of carbonyl (C=O) groups is 3. The third kappa shape index (κ3) is 4.85. The van der Waals surface area contributed by atoms with Crippen molar-refractivity contribution in [1.29, 1.82) is 0 Å². The minimum absolute atomic E-state index is 0.152. The number of pyridine rings is 1.